The van der Waals surface area contributed by atoms with Crippen molar-refractivity contribution in [1.82, 2.24) is 4.90 Å². The number of ether oxygens (including phenoxy) is 1. The van der Waals surface area contributed by atoms with Gasteiger partial charge in [-0.25, -0.2) is 4.39 Å². The molecule has 0 saturated heterocycles. The maximum Gasteiger partial charge on any atom is 0.123 e. The second kappa shape index (κ2) is 8.25. The minimum atomic E-state index is -0.214. The minimum Gasteiger partial charge on any atom is -0.383 e. The molecule has 3 nitrogen and oxygen atoms in total. The summed E-state index contributed by atoms with van der Waals surface area (Å²) in [6.45, 7) is 6.96. The Morgan fingerprint density at radius 2 is 2.00 bits per heavy atom. The summed E-state index contributed by atoms with van der Waals surface area (Å²) in [5.41, 5.74) is 7.39. The summed E-state index contributed by atoms with van der Waals surface area (Å²) in [6.07, 6.45) is 1.06. The van der Waals surface area contributed by atoms with Gasteiger partial charge in [-0.05, 0) is 36.6 Å². The topological polar surface area (TPSA) is 38.5 Å². The molecule has 0 spiro atoms. The van der Waals surface area contributed by atoms with Gasteiger partial charge >= 0.3 is 0 Å². The van der Waals surface area contributed by atoms with Crippen LogP contribution < -0.4 is 5.73 Å². The number of halogens is 1. The molecule has 19 heavy (non-hydrogen) atoms. The van der Waals surface area contributed by atoms with E-state index in [0.717, 1.165) is 30.6 Å². The molecule has 0 amide bonds. The lowest BCUT2D eigenvalue weighted by atomic mass is 10.1. The van der Waals surface area contributed by atoms with Crippen LogP contribution in [0.15, 0.2) is 18.2 Å². The van der Waals surface area contributed by atoms with Gasteiger partial charge in [-0.3, -0.25) is 4.90 Å². The summed E-state index contributed by atoms with van der Waals surface area (Å²) in [6, 6.07) is 5.50. The summed E-state index contributed by atoms with van der Waals surface area (Å²) < 4.78 is 18.6. The molecule has 0 radical (unpaired) electrons. The Labute approximate surface area is 115 Å². The number of hydrogen-bond donors (Lipinski definition) is 1. The molecule has 0 aliphatic carbocycles. The van der Waals surface area contributed by atoms with Gasteiger partial charge in [0.15, 0.2) is 0 Å². The summed E-state index contributed by atoms with van der Waals surface area (Å²) in [5.74, 6) is -0.214. The maximum absolute atomic E-state index is 13.5. The number of rotatable bonds is 8. The molecular weight excluding hydrogens is 243 g/mol. The van der Waals surface area contributed by atoms with Gasteiger partial charge in [0.2, 0.25) is 0 Å². The zero-order valence-corrected chi connectivity index (χ0v) is 12.2. The fourth-order valence-electron chi connectivity index (χ4n) is 2.08. The second-order valence-corrected chi connectivity index (χ2v) is 4.89. The first-order valence-electron chi connectivity index (χ1n) is 6.82. The molecule has 4 heteroatoms. The fourth-order valence-corrected chi connectivity index (χ4v) is 2.08. The van der Waals surface area contributed by atoms with E-state index in [-0.39, 0.29) is 5.82 Å². The van der Waals surface area contributed by atoms with Crippen LogP contribution in [0.2, 0.25) is 0 Å². The third-order valence-electron chi connectivity index (χ3n) is 3.44. The van der Waals surface area contributed by atoms with Crippen molar-refractivity contribution in [2.75, 3.05) is 20.3 Å². The molecule has 0 bridgehead atoms. The van der Waals surface area contributed by atoms with Crippen LogP contribution in [0.5, 0.6) is 0 Å². The molecular formula is C15H25FN2O. The van der Waals surface area contributed by atoms with Crippen LogP contribution in [-0.4, -0.2) is 31.2 Å². The monoisotopic (exact) mass is 268 g/mol. The van der Waals surface area contributed by atoms with Gasteiger partial charge in [-0.1, -0.05) is 13.0 Å². The SMILES string of the molecule is CCC(C)N(CCOC)Cc1cc(F)cc(CN)c1. The van der Waals surface area contributed by atoms with E-state index in [1.165, 1.54) is 6.07 Å². The molecule has 1 unspecified atom stereocenters. The van der Waals surface area contributed by atoms with Gasteiger partial charge < -0.3 is 10.5 Å². The standard InChI is InChI=1S/C15H25FN2O/c1-4-12(2)18(5-6-19-3)11-14-7-13(10-17)8-15(16)9-14/h7-9,12H,4-6,10-11,17H2,1-3H3. The van der Waals surface area contributed by atoms with E-state index in [1.54, 1.807) is 13.2 Å². The van der Waals surface area contributed by atoms with Crippen molar-refractivity contribution in [3.8, 4) is 0 Å². The van der Waals surface area contributed by atoms with Gasteiger partial charge in [0, 0.05) is 32.8 Å². The van der Waals surface area contributed by atoms with E-state index >= 15 is 0 Å². The molecule has 2 N–H and O–H groups in total. The summed E-state index contributed by atoms with van der Waals surface area (Å²) in [5, 5.41) is 0. The van der Waals surface area contributed by atoms with Crippen LogP contribution in [0.25, 0.3) is 0 Å². The Hall–Kier alpha value is -0.970. The number of hydrogen-bond acceptors (Lipinski definition) is 3. The zero-order valence-electron chi connectivity index (χ0n) is 12.2. The average molecular weight is 268 g/mol. The van der Waals surface area contributed by atoms with Gasteiger partial charge in [0.05, 0.1) is 6.61 Å². The largest absolute Gasteiger partial charge is 0.383 e. The van der Waals surface area contributed by atoms with Gasteiger partial charge in [0.1, 0.15) is 5.82 Å². The highest BCUT2D eigenvalue weighted by Crippen LogP contribution is 2.14. The lowest BCUT2D eigenvalue weighted by Crippen LogP contribution is -2.34. The Balaban J connectivity index is 2.79. The van der Waals surface area contributed by atoms with Gasteiger partial charge in [-0.15, -0.1) is 0 Å². The Kier molecular flexibility index (Phi) is 6.99. The molecule has 108 valence electrons. The van der Waals surface area contributed by atoms with Crippen LogP contribution in [0, 0.1) is 5.82 Å². The van der Waals surface area contributed by atoms with Crippen molar-refractivity contribution in [3.05, 3.63) is 35.1 Å². The minimum absolute atomic E-state index is 0.214. The van der Waals surface area contributed by atoms with Crippen molar-refractivity contribution in [3.63, 3.8) is 0 Å². The molecule has 0 saturated carbocycles. The van der Waals surface area contributed by atoms with Crippen molar-refractivity contribution >= 4 is 0 Å². The molecule has 0 aliphatic heterocycles. The Morgan fingerprint density at radius 3 is 2.58 bits per heavy atom. The zero-order chi connectivity index (χ0) is 14.3. The lowest BCUT2D eigenvalue weighted by molar-refractivity contribution is 0.118. The number of nitrogens with two attached hydrogens (primary N) is 1. The number of methoxy groups -OCH3 is 1. The summed E-state index contributed by atoms with van der Waals surface area (Å²) in [7, 11) is 1.70. The molecule has 1 atom stereocenters. The van der Waals surface area contributed by atoms with Crippen LogP contribution in [0.1, 0.15) is 31.4 Å². The first-order valence-corrected chi connectivity index (χ1v) is 6.82. The highest BCUT2D eigenvalue weighted by molar-refractivity contribution is 5.24. The van der Waals surface area contributed by atoms with E-state index in [1.807, 2.05) is 6.07 Å². The van der Waals surface area contributed by atoms with Gasteiger partial charge in [0.25, 0.3) is 0 Å². The summed E-state index contributed by atoms with van der Waals surface area (Å²) in [4.78, 5) is 2.30. The first-order chi connectivity index (χ1) is 9.10. The number of nitrogens with zero attached hydrogens (tertiary/aromatic N) is 1. The molecule has 0 aliphatic rings. The molecule has 0 aromatic heterocycles. The van der Waals surface area contributed by atoms with E-state index in [0.29, 0.717) is 19.2 Å². The Morgan fingerprint density at radius 1 is 1.32 bits per heavy atom. The number of benzene rings is 1. The predicted octanol–water partition coefficient (Wildman–Crippen LogP) is 2.53. The van der Waals surface area contributed by atoms with Crippen molar-refractivity contribution in [2.24, 2.45) is 5.73 Å². The van der Waals surface area contributed by atoms with Gasteiger partial charge in [-0.2, -0.15) is 0 Å². The molecule has 1 aromatic carbocycles. The maximum atomic E-state index is 13.5. The van der Waals surface area contributed by atoms with E-state index in [9.17, 15) is 4.39 Å². The van der Waals surface area contributed by atoms with Crippen molar-refractivity contribution in [2.45, 2.75) is 39.4 Å². The smallest absolute Gasteiger partial charge is 0.123 e. The second-order valence-electron chi connectivity index (χ2n) is 4.89. The van der Waals surface area contributed by atoms with Crippen LogP contribution in [0.4, 0.5) is 4.39 Å². The average Bonchev–Trinajstić information content (AvgIpc) is 2.41. The molecule has 1 rings (SSSR count). The van der Waals surface area contributed by atoms with E-state index in [4.69, 9.17) is 10.5 Å². The predicted molar refractivity (Wildman–Crippen MR) is 76.3 cm³/mol. The first kappa shape index (κ1) is 16.1. The van der Waals surface area contributed by atoms with Crippen molar-refractivity contribution in [1.29, 1.82) is 0 Å². The molecule has 1 aromatic rings. The summed E-state index contributed by atoms with van der Waals surface area (Å²) >= 11 is 0. The lowest BCUT2D eigenvalue weighted by Gasteiger charge is -2.28. The van der Waals surface area contributed by atoms with Crippen LogP contribution >= 0.6 is 0 Å². The quantitative estimate of drug-likeness (QED) is 0.787. The van der Waals surface area contributed by atoms with Crippen molar-refractivity contribution < 1.29 is 9.13 Å². The molecule has 0 fully saturated rings. The van der Waals surface area contributed by atoms with Crippen LogP contribution in [-0.2, 0) is 17.8 Å². The highest BCUT2D eigenvalue weighted by Gasteiger charge is 2.13. The normalized spacial score (nSPS) is 12.9. The van der Waals surface area contributed by atoms with E-state index < -0.39 is 0 Å². The van der Waals surface area contributed by atoms with Crippen LogP contribution in [0.3, 0.4) is 0 Å². The third-order valence-corrected chi connectivity index (χ3v) is 3.44. The van der Waals surface area contributed by atoms with E-state index in [2.05, 4.69) is 18.7 Å². The Bertz CT molecular complexity index is 384. The molecule has 0 heterocycles. The third kappa shape index (κ3) is 5.27. The highest BCUT2D eigenvalue weighted by atomic mass is 19.1. The fraction of sp³-hybridized carbons (Fsp3) is 0.600.